The van der Waals surface area contributed by atoms with Crippen LogP contribution in [0.15, 0.2) is 12.3 Å². The first-order valence-electron chi connectivity index (χ1n) is 3.71. The molecule has 0 saturated heterocycles. The van der Waals surface area contributed by atoms with Crippen molar-refractivity contribution >= 4 is 11.8 Å². The molecule has 0 fully saturated rings. The third kappa shape index (κ3) is 6.02. The third-order valence-electron chi connectivity index (χ3n) is 1.23. The fourth-order valence-electron chi connectivity index (χ4n) is 0.720. The standard InChI is InChI=1S/C8H17NS/c1-4-5-8(2)9-6-7-10-3/h9H,2,4-7H2,1,3H3. The average molecular weight is 159 g/mol. The summed E-state index contributed by atoms with van der Waals surface area (Å²) >= 11 is 1.86. The molecule has 0 bridgehead atoms. The van der Waals surface area contributed by atoms with Gasteiger partial charge < -0.3 is 5.32 Å². The molecule has 1 N–H and O–H groups in total. The molecule has 0 rings (SSSR count). The molecular formula is C8H17NS. The van der Waals surface area contributed by atoms with Crippen molar-refractivity contribution in [3.05, 3.63) is 12.3 Å². The van der Waals surface area contributed by atoms with E-state index < -0.39 is 0 Å². The zero-order valence-electron chi connectivity index (χ0n) is 6.94. The van der Waals surface area contributed by atoms with Crippen LogP contribution in [-0.4, -0.2) is 18.6 Å². The molecule has 0 aliphatic carbocycles. The zero-order chi connectivity index (χ0) is 7.82. The summed E-state index contributed by atoms with van der Waals surface area (Å²) in [5.41, 5.74) is 1.18. The van der Waals surface area contributed by atoms with Gasteiger partial charge in [0.15, 0.2) is 0 Å². The molecule has 1 nitrogen and oxygen atoms in total. The first-order chi connectivity index (χ1) is 4.81. The largest absolute Gasteiger partial charge is 0.388 e. The maximum absolute atomic E-state index is 3.90. The van der Waals surface area contributed by atoms with Crippen LogP contribution in [0.25, 0.3) is 0 Å². The molecule has 0 atom stereocenters. The van der Waals surface area contributed by atoms with E-state index in [1.807, 2.05) is 11.8 Å². The Bertz CT molecular complexity index is 91.3. The monoisotopic (exact) mass is 159 g/mol. The van der Waals surface area contributed by atoms with E-state index in [4.69, 9.17) is 0 Å². The van der Waals surface area contributed by atoms with Gasteiger partial charge in [0.2, 0.25) is 0 Å². The fraction of sp³-hybridized carbons (Fsp3) is 0.750. The van der Waals surface area contributed by atoms with Crippen LogP contribution >= 0.6 is 11.8 Å². The van der Waals surface area contributed by atoms with E-state index in [0.29, 0.717) is 0 Å². The third-order valence-corrected chi connectivity index (χ3v) is 1.85. The van der Waals surface area contributed by atoms with Crippen LogP contribution in [0.4, 0.5) is 0 Å². The fourth-order valence-corrected chi connectivity index (χ4v) is 1.03. The number of hydrogen-bond acceptors (Lipinski definition) is 2. The highest BCUT2D eigenvalue weighted by Crippen LogP contribution is 1.97. The Balaban J connectivity index is 3.05. The van der Waals surface area contributed by atoms with Gasteiger partial charge in [-0.25, -0.2) is 0 Å². The van der Waals surface area contributed by atoms with Crippen LogP contribution in [-0.2, 0) is 0 Å². The Morgan fingerprint density at radius 3 is 2.80 bits per heavy atom. The van der Waals surface area contributed by atoms with Gasteiger partial charge in [-0.3, -0.25) is 0 Å². The average Bonchev–Trinajstić information content (AvgIpc) is 1.89. The van der Waals surface area contributed by atoms with Crippen molar-refractivity contribution < 1.29 is 0 Å². The summed E-state index contributed by atoms with van der Waals surface area (Å²) in [6.45, 7) is 7.12. The van der Waals surface area contributed by atoms with Crippen LogP contribution in [0.2, 0.25) is 0 Å². The molecule has 0 spiro atoms. The molecule has 0 saturated carbocycles. The van der Waals surface area contributed by atoms with E-state index in [9.17, 15) is 0 Å². The number of hydrogen-bond donors (Lipinski definition) is 1. The maximum Gasteiger partial charge on any atom is 0.0234 e. The summed E-state index contributed by atoms with van der Waals surface area (Å²) in [5.74, 6) is 1.17. The normalized spacial score (nSPS) is 9.40. The molecule has 0 aliphatic heterocycles. The Labute approximate surface area is 68.3 Å². The highest BCUT2D eigenvalue weighted by molar-refractivity contribution is 7.98. The van der Waals surface area contributed by atoms with Gasteiger partial charge in [-0.1, -0.05) is 19.9 Å². The van der Waals surface area contributed by atoms with E-state index in [1.165, 1.54) is 17.9 Å². The van der Waals surface area contributed by atoms with Gasteiger partial charge in [0, 0.05) is 18.0 Å². The molecule has 0 aromatic carbocycles. The lowest BCUT2D eigenvalue weighted by atomic mass is 10.3. The van der Waals surface area contributed by atoms with Gasteiger partial charge >= 0.3 is 0 Å². The molecule has 0 heterocycles. The minimum Gasteiger partial charge on any atom is -0.388 e. The van der Waals surface area contributed by atoms with Crippen LogP contribution in [0, 0.1) is 0 Å². The van der Waals surface area contributed by atoms with Crippen LogP contribution < -0.4 is 5.32 Å². The van der Waals surface area contributed by atoms with Crippen LogP contribution in [0.5, 0.6) is 0 Å². The molecular weight excluding hydrogens is 142 g/mol. The van der Waals surface area contributed by atoms with Gasteiger partial charge in [0.05, 0.1) is 0 Å². The predicted molar refractivity (Wildman–Crippen MR) is 50.4 cm³/mol. The maximum atomic E-state index is 3.90. The molecule has 0 radical (unpaired) electrons. The van der Waals surface area contributed by atoms with Crippen molar-refractivity contribution in [1.29, 1.82) is 0 Å². The summed E-state index contributed by atoms with van der Waals surface area (Å²) < 4.78 is 0. The number of rotatable bonds is 6. The van der Waals surface area contributed by atoms with E-state index in [1.54, 1.807) is 0 Å². The molecule has 0 aromatic heterocycles. The van der Waals surface area contributed by atoms with E-state index in [2.05, 4.69) is 25.1 Å². The first-order valence-corrected chi connectivity index (χ1v) is 5.11. The SMILES string of the molecule is C=C(CCC)NCCSC. The Hall–Kier alpha value is -0.110. The second kappa shape index (κ2) is 7.00. The Morgan fingerprint density at radius 1 is 1.60 bits per heavy atom. The summed E-state index contributed by atoms with van der Waals surface area (Å²) in [7, 11) is 0. The number of nitrogens with one attached hydrogen (secondary N) is 1. The van der Waals surface area contributed by atoms with Gasteiger partial charge in [0.1, 0.15) is 0 Å². The molecule has 0 aliphatic rings. The summed E-state index contributed by atoms with van der Waals surface area (Å²) in [6.07, 6.45) is 4.41. The lowest BCUT2D eigenvalue weighted by molar-refractivity contribution is 0.770. The Morgan fingerprint density at radius 2 is 2.30 bits per heavy atom. The summed E-state index contributed by atoms with van der Waals surface area (Å²) in [6, 6.07) is 0. The van der Waals surface area contributed by atoms with Crippen molar-refractivity contribution in [2.24, 2.45) is 0 Å². The number of thioether (sulfide) groups is 1. The molecule has 60 valence electrons. The van der Waals surface area contributed by atoms with E-state index >= 15 is 0 Å². The number of allylic oxidation sites excluding steroid dienone is 1. The molecule has 0 unspecified atom stereocenters. The highest BCUT2D eigenvalue weighted by atomic mass is 32.2. The minimum atomic E-state index is 1.06. The Kier molecular flexibility index (Phi) is 6.93. The quantitative estimate of drug-likeness (QED) is 0.597. The molecule has 0 amide bonds. The topological polar surface area (TPSA) is 12.0 Å². The van der Waals surface area contributed by atoms with Crippen molar-refractivity contribution in [1.82, 2.24) is 5.32 Å². The van der Waals surface area contributed by atoms with Crippen LogP contribution in [0.1, 0.15) is 19.8 Å². The smallest absolute Gasteiger partial charge is 0.0234 e. The minimum absolute atomic E-state index is 1.06. The van der Waals surface area contributed by atoms with Crippen molar-refractivity contribution in [3.63, 3.8) is 0 Å². The second-order valence-electron chi connectivity index (χ2n) is 2.27. The molecule has 10 heavy (non-hydrogen) atoms. The molecule has 2 heteroatoms. The van der Waals surface area contributed by atoms with Crippen molar-refractivity contribution in [3.8, 4) is 0 Å². The van der Waals surface area contributed by atoms with Gasteiger partial charge in [0.25, 0.3) is 0 Å². The second-order valence-corrected chi connectivity index (χ2v) is 3.26. The van der Waals surface area contributed by atoms with Gasteiger partial charge in [-0.05, 0) is 12.7 Å². The molecule has 0 aromatic rings. The van der Waals surface area contributed by atoms with Crippen molar-refractivity contribution in [2.45, 2.75) is 19.8 Å². The van der Waals surface area contributed by atoms with Crippen LogP contribution in [0.3, 0.4) is 0 Å². The van der Waals surface area contributed by atoms with Crippen molar-refractivity contribution in [2.75, 3.05) is 18.6 Å². The lowest BCUT2D eigenvalue weighted by Gasteiger charge is -2.06. The lowest BCUT2D eigenvalue weighted by Crippen LogP contribution is -2.15. The summed E-state index contributed by atoms with van der Waals surface area (Å²) in [5, 5.41) is 3.27. The highest BCUT2D eigenvalue weighted by Gasteiger charge is 1.88. The predicted octanol–water partition coefficient (Wildman–Crippen LogP) is 2.25. The summed E-state index contributed by atoms with van der Waals surface area (Å²) in [4.78, 5) is 0. The zero-order valence-corrected chi connectivity index (χ0v) is 7.76. The van der Waals surface area contributed by atoms with E-state index in [-0.39, 0.29) is 0 Å². The van der Waals surface area contributed by atoms with Gasteiger partial charge in [-0.15, -0.1) is 0 Å². The first kappa shape index (κ1) is 9.89. The van der Waals surface area contributed by atoms with Gasteiger partial charge in [-0.2, -0.15) is 11.8 Å². The van der Waals surface area contributed by atoms with E-state index in [0.717, 1.165) is 13.0 Å².